The number of nitrogens with one attached hydrogen (secondary N) is 1. The van der Waals surface area contributed by atoms with Crippen LogP contribution >= 0.6 is 15.9 Å². The maximum absolute atomic E-state index is 11.4. The van der Waals surface area contributed by atoms with Gasteiger partial charge >= 0.3 is 0 Å². The summed E-state index contributed by atoms with van der Waals surface area (Å²) >= 11 is 3.33. The molecule has 1 aromatic heterocycles. The van der Waals surface area contributed by atoms with Crippen molar-refractivity contribution in [2.75, 3.05) is 25.0 Å². The van der Waals surface area contributed by atoms with Gasteiger partial charge in [0.15, 0.2) is 0 Å². The van der Waals surface area contributed by atoms with Crippen LogP contribution in [-0.4, -0.2) is 31.0 Å². The summed E-state index contributed by atoms with van der Waals surface area (Å²) in [5.74, 6) is 0.815. The second-order valence-corrected chi connectivity index (χ2v) is 4.23. The Bertz CT molecular complexity index is 357. The van der Waals surface area contributed by atoms with Gasteiger partial charge in [0.25, 0.3) is 0 Å². The SMILES string of the molecule is CCCN(CC(=O)NC)c1cccc(Br)n1. The Hall–Kier alpha value is -1.10. The average Bonchev–Trinajstić information content (AvgIpc) is 2.28. The lowest BCUT2D eigenvalue weighted by Gasteiger charge is -2.22. The van der Waals surface area contributed by atoms with Crippen molar-refractivity contribution in [1.82, 2.24) is 10.3 Å². The third kappa shape index (κ3) is 3.81. The lowest BCUT2D eigenvalue weighted by atomic mass is 10.3. The monoisotopic (exact) mass is 285 g/mol. The molecule has 16 heavy (non-hydrogen) atoms. The van der Waals surface area contributed by atoms with E-state index in [1.165, 1.54) is 0 Å². The molecule has 0 aliphatic carbocycles. The molecule has 0 saturated heterocycles. The second kappa shape index (κ2) is 6.48. The van der Waals surface area contributed by atoms with Gasteiger partial charge in [0.05, 0.1) is 6.54 Å². The fraction of sp³-hybridized carbons (Fsp3) is 0.455. The van der Waals surface area contributed by atoms with E-state index in [0.717, 1.165) is 23.4 Å². The molecule has 1 amide bonds. The van der Waals surface area contributed by atoms with Crippen molar-refractivity contribution in [2.45, 2.75) is 13.3 Å². The first-order valence-electron chi connectivity index (χ1n) is 5.25. The summed E-state index contributed by atoms with van der Waals surface area (Å²) in [7, 11) is 1.64. The fourth-order valence-electron chi connectivity index (χ4n) is 1.37. The predicted molar refractivity (Wildman–Crippen MR) is 68.5 cm³/mol. The molecule has 0 radical (unpaired) electrons. The summed E-state index contributed by atoms with van der Waals surface area (Å²) in [4.78, 5) is 17.7. The van der Waals surface area contributed by atoms with E-state index in [2.05, 4.69) is 33.2 Å². The Morgan fingerprint density at radius 3 is 2.88 bits per heavy atom. The molecule has 0 unspecified atom stereocenters. The van der Waals surface area contributed by atoms with Crippen molar-refractivity contribution in [1.29, 1.82) is 0 Å². The number of amides is 1. The summed E-state index contributed by atoms with van der Waals surface area (Å²) in [6, 6.07) is 5.69. The molecule has 0 saturated carbocycles. The molecule has 4 nitrogen and oxygen atoms in total. The minimum Gasteiger partial charge on any atom is -0.358 e. The highest BCUT2D eigenvalue weighted by atomic mass is 79.9. The van der Waals surface area contributed by atoms with Crippen LogP contribution in [0.2, 0.25) is 0 Å². The van der Waals surface area contributed by atoms with Crippen LogP contribution in [-0.2, 0) is 4.79 Å². The van der Waals surface area contributed by atoms with Gasteiger partial charge in [0, 0.05) is 13.6 Å². The third-order valence-electron chi connectivity index (χ3n) is 2.13. The summed E-state index contributed by atoms with van der Waals surface area (Å²) in [5, 5.41) is 2.62. The number of rotatable bonds is 5. The van der Waals surface area contributed by atoms with Crippen molar-refractivity contribution < 1.29 is 4.79 Å². The van der Waals surface area contributed by atoms with Gasteiger partial charge in [0.1, 0.15) is 10.4 Å². The van der Waals surface area contributed by atoms with Gasteiger partial charge in [-0.1, -0.05) is 13.0 Å². The number of halogens is 1. The van der Waals surface area contributed by atoms with Crippen LogP contribution in [0.25, 0.3) is 0 Å². The van der Waals surface area contributed by atoms with Gasteiger partial charge in [0.2, 0.25) is 5.91 Å². The highest BCUT2D eigenvalue weighted by molar-refractivity contribution is 9.10. The van der Waals surface area contributed by atoms with Crippen LogP contribution in [0.4, 0.5) is 5.82 Å². The molecule has 88 valence electrons. The maximum Gasteiger partial charge on any atom is 0.239 e. The lowest BCUT2D eigenvalue weighted by molar-refractivity contribution is -0.119. The molecule has 0 spiro atoms. The Kier molecular flexibility index (Phi) is 5.25. The Balaban J connectivity index is 2.80. The smallest absolute Gasteiger partial charge is 0.239 e. The second-order valence-electron chi connectivity index (χ2n) is 3.41. The largest absolute Gasteiger partial charge is 0.358 e. The molecule has 1 rings (SSSR count). The van der Waals surface area contributed by atoms with Crippen molar-refractivity contribution in [2.24, 2.45) is 0 Å². The first kappa shape index (κ1) is 13.0. The van der Waals surface area contributed by atoms with Crippen molar-refractivity contribution in [3.63, 3.8) is 0 Å². The molecule has 0 aromatic carbocycles. The van der Waals surface area contributed by atoms with Crippen LogP contribution in [0.1, 0.15) is 13.3 Å². The maximum atomic E-state index is 11.4. The van der Waals surface area contributed by atoms with E-state index < -0.39 is 0 Å². The fourth-order valence-corrected chi connectivity index (χ4v) is 1.70. The van der Waals surface area contributed by atoms with Gasteiger partial charge in [-0.05, 0) is 34.5 Å². The number of aromatic nitrogens is 1. The molecular formula is C11H16BrN3O. The molecule has 1 aromatic rings. The number of carbonyl (C=O) groups excluding carboxylic acids is 1. The van der Waals surface area contributed by atoms with Crippen LogP contribution in [0, 0.1) is 0 Å². The van der Waals surface area contributed by atoms with E-state index in [9.17, 15) is 4.79 Å². The van der Waals surface area contributed by atoms with Gasteiger partial charge in [-0.3, -0.25) is 4.79 Å². The number of nitrogens with zero attached hydrogens (tertiary/aromatic N) is 2. The van der Waals surface area contributed by atoms with E-state index in [1.807, 2.05) is 23.1 Å². The molecule has 0 aliphatic rings. The zero-order chi connectivity index (χ0) is 12.0. The van der Waals surface area contributed by atoms with Crippen LogP contribution in [0.3, 0.4) is 0 Å². The number of likely N-dealkylation sites (N-methyl/N-ethyl adjacent to an activating group) is 1. The molecular weight excluding hydrogens is 270 g/mol. The number of hydrogen-bond donors (Lipinski definition) is 1. The zero-order valence-electron chi connectivity index (χ0n) is 9.53. The quantitative estimate of drug-likeness (QED) is 0.840. The van der Waals surface area contributed by atoms with E-state index in [4.69, 9.17) is 0 Å². The number of carbonyl (C=O) groups is 1. The molecule has 0 aliphatic heterocycles. The van der Waals surface area contributed by atoms with Crippen molar-refractivity contribution in [3.05, 3.63) is 22.8 Å². The van der Waals surface area contributed by atoms with Gasteiger partial charge < -0.3 is 10.2 Å². The third-order valence-corrected chi connectivity index (χ3v) is 2.57. The summed E-state index contributed by atoms with van der Waals surface area (Å²) in [6.07, 6.45) is 0.977. The van der Waals surface area contributed by atoms with Crippen molar-refractivity contribution >= 4 is 27.7 Å². The van der Waals surface area contributed by atoms with Crippen LogP contribution in [0.15, 0.2) is 22.8 Å². The molecule has 0 fully saturated rings. The summed E-state index contributed by atoms with van der Waals surface area (Å²) in [6.45, 7) is 3.24. The zero-order valence-corrected chi connectivity index (χ0v) is 11.1. The highest BCUT2D eigenvalue weighted by Crippen LogP contribution is 2.14. The Morgan fingerprint density at radius 1 is 1.56 bits per heavy atom. The minimum atomic E-state index is -0.00442. The van der Waals surface area contributed by atoms with Gasteiger partial charge in [-0.25, -0.2) is 4.98 Å². The molecule has 1 N–H and O–H groups in total. The predicted octanol–water partition coefficient (Wildman–Crippen LogP) is 1.81. The normalized spacial score (nSPS) is 9.94. The minimum absolute atomic E-state index is 0.00442. The lowest BCUT2D eigenvalue weighted by Crippen LogP contribution is -2.36. The van der Waals surface area contributed by atoms with Gasteiger partial charge in [-0.15, -0.1) is 0 Å². The van der Waals surface area contributed by atoms with Crippen LogP contribution < -0.4 is 10.2 Å². The Morgan fingerprint density at radius 2 is 2.31 bits per heavy atom. The summed E-state index contributed by atoms with van der Waals surface area (Å²) in [5.41, 5.74) is 0. The number of anilines is 1. The van der Waals surface area contributed by atoms with Crippen molar-refractivity contribution in [3.8, 4) is 0 Å². The number of hydrogen-bond acceptors (Lipinski definition) is 3. The number of pyridine rings is 1. The van der Waals surface area contributed by atoms with E-state index >= 15 is 0 Å². The standard InChI is InChI=1S/C11H16BrN3O/c1-3-7-15(8-11(16)13-2)10-6-4-5-9(12)14-10/h4-6H,3,7-8H2,1-2H3,(H,13,16). The topological polar surface area (TPSA) is 45.2 Å². The van der Waals surface area contributed by atoms with Crippen LogP contribution in [0.5, 0.6) is 0 Å². The first-order valence-corrected chi connectivity index (χ1v) is 6.04. The Labute approximate surface area is 104 Å². The van der Waals surface area contributed by atoms with E-state index in [1.54, 1.807) is 7.05 Å². The van der Waals surface area contributed by atoms with Gasteiger partial charge in [-0.2, -0.15) is 0 Å². The average molecular weight is 286 g/mol. The molecule has 5 heteroatoms. The van der Waals surface area contributed by atoms with E-state index in [-0.39, 0.29) is 5.91 Å². The molecule has 1 heterocycles. The molecule has 0 atom stereocenters. The molecule has 0 bridgehead atoms. The first-order chi connectivity index (χ1) is 7.67. The highest BCUT2D eigenvalue weighted by Gasteiger charge is 2.10. The summed E-state index contributed by atoms with van der Waals surface area (Å²) < 4.78 is 0.781. The van der Waals surface area contributed by atoms with E-state index in [0.29, 0.717) is 6.54 Å².